The Morgan fingerprint density at radius 2 is 2.26 bits per heavy atom. The fraction of sp³-hybridized carbons (Fsp3) is 0.538. The van der Waals surface area contributed by atoms with Crippen molar-refractivity contribution < 1.29 is 9.53 Å². The Morgan fingerprint density at radius 1 is 1.47 bits per heavy atom. The fourth-order valence-corrected chi connectivity index (χ4v) is 2.56. The number of amides is 1. The molecule has 1 aromatic heterocycles. The van der Waals surface area contributed by atoms with E-state index in [9.17, 15) is 4.79 Å². The number of anilines is 1. The number of hydrogen-bond donors (Lipinski definition) is 2. The second-order valence-electron chi connectivity index (χ2n) is 4.90. The van der Waals surface area contributed by atoms with Crippen molar-refractivity contribution in [1.82, 2.24) is 15.2 Å². The van der Waals surface area contributed by atoms with Crippen LogP contribution >= 0.6 is 0 Å². The molecule has 2 unspecified atom stereocenters. The van der Waals surface area contributed by atoms with Crippen LogP contribution in [0, 0.1) is 0 Å². The molecule has 1 saturated heterocycles. The molecule has 0 saturated carbocycles. The first-order chi connectivity index (χ1) is 9.25. The maximum atomic E-state index is 12.1. The number of carbonyl (C=O) groups is 1. The SMILES string of the molecule is CC(C1Oc2cccnc2NC1=O)N1CCNCC1. The molecular formula is C13H18N4O2. The topological polar surface area (TPSA) is 66.5 Å². The summed E-state index contributed by atoms with van der Waals surface area (Å²) in [5, 5.41) is 6.12. The first-order valence-electron chi connectivity index (χ1n) is 6.63. The van der Waals surface area contributed by atoms with Gasteiger partial charge in [-0.1, -0.05) is 0 Å². The van der Waals surface area contributed by atoms with E-state index < -0.39 is 6.10 Å². The van der Waals surface area contributed by atoms with Gasteiger partial charge >= 0.3 is 0 Å². The Labute approximate surface area is 112 Å². The molecule has 3 rings (SSSR count). The minimum atomic E-state index is -0.477. The van der Waals surface area contributed by atoms with Crippen LogP contribution in [-0.4, -0.2) is 54.1 Å². The summed E-state index contributed by atoms with van der Waals surface area (Å²) < 4.78 is 5.82. The number of nitrogens with zero attached hydrogens (tertiary/aromatic N) is 2. The van der Waals surface area contributed by atoms with Gasteiger partial charge in [0.25, 0.3) is 5.91 Å². The maximum Gasteiger partial charge on any atom is 0.268 e. The van der Waals surface area contributed by atoms with Gasteiger partial charge in [0.15, 0.2) is 17.7 Å². The predicted octanol–water partition coefficient (Wildman–Crippen LogP) is 0.0748. The van der Waals surface area contributed by atoms with Crippen molar-refractivity contribution in [2.45, 2.75) is 19.1 Å². The monoisotopic (exact) mass is 262 g/mol. The van der Waals surface area contributed by atoms with Gasteiger partial charge in [0.05, 0.1) is 6.04 Å². The largest absolute Gasteiger partial charge is 0.475 e. The predicted molar refractivity (Wildman–Crippen MR) is 71.2 cm³/mol. The number of ether oxygens (including phenoxy) is 1. The molecule has 6 heteroatoms. The minimum Gasteiger partial charge on any atom is -0.475 e. The maximum absolute atomic E-state index is 12.1. The Hall–Kier alpha value is -1.66. The van der Waals surface area contributed by atoms with Gasteiger partial charge in [-0.15, -0.1) is 0 Å². The normalized spacial score (nSPS) is 25.1. The van der Waals surface area contributed by atoms with E-state index in [0.29, 0.717) is 11.6 Å². The van der Waals surface area contributed by atoms with Gasteiger partial charge in [-0.05, 0) is 19.1 Å². The molecule has 2 aliphatic heterocycles. The van der Waals surface area contributed by atoms with Gasteiger partial charge in [-0.25, -0.2) is 4.98 Å². The summed E-state index contributed by atoms with van der Waals surface area (Å²) in [7, 11) is 0. The number of hydrogen-bond acceptors (Lipinski definition) is 5. The molecule has 6 nitrogen and oxygen atoms in total. The zero-order chi connectivity index (χ0) is 13.2. The fourth-order valence-electron chi connectivity index (χ4n) is 2.56. The summed E-state index contributed by atoms with van der Waals surface area (Å²) in [5.41, 5.74) is 0. The minimum absolute atomic E-state index is 0.0513. The van der Waals surface area contributed by atoms with Crippen LogP contribution in [0.25, 0.3) is 0 Å². The van der Waals surface area contributed by atoms with Gasteiger partial charge < -0.3 is 15.4 Å². The standard InChI is InChI=1S/C13H18N4O2/c1-9(17-7-5-14-6-8-17)11-13(18)16-12-10(19-11)3-2-4-15-12/h2-4,9,11,14H,5-8H2,1H3,(H,15,16,18). The van der Waals surface area contributed by atoms with Gasteiger partial charge in [0.2, 0.25) is 0 Å². The van der Waals surface area contributed by atoms with E-state index in [4.69, 9.17) is 4.74 Å². The Morgan fingerprint density at radius 3 is 3.05 bits per heavy atom. The lowest BCUT2D eigenvalue weighted by Gasteiger charge is -2.38. The van der Waals surface area contributed by atoms with Crippen molar-refractivity contribution in [3.63, 3.8) is 0 Å². The first-order valence-corrected chi connectivity index (χ1v) is 6.63. The third-order valence-corrected chi connectivity index (χ3v) is 3.69. The average molecular weight is 262 g/mol. The second kappa shape index (κ2) is 5.14. The molecule has 0 spiro atoms. The zero-order valence-electron chi connectivity index (χ0n) is 10.9. The van der Waals surface area contributed by atoms with Crippen LogP contribution in [0.15, 0.2) is 18.3 Å². The molecule has 2 atom stereocenters. The smallest absolute Gasteiger partial charge is 0.268 e. The van der Waals surface area contributed by atoms with Crippen LogP contribution in [-0.2, 0) is 4.79 Å². The highest BCUT2D eigenvalue weighted by Gasteiger charge is 2.36. The van der Waals surface area contributed by atoms with Crippen LogP contribution in [0.3, 0.4) is 0 Å². The van der Waals surface area contributed by atoms with E-state index in [2.05, 4.69) is 20.5 Å². The molecule has 0 aromatic carbocycles. The molecule has 0 aliphatic carbocycles. The number of rotatable bonds is 2. The third-order valence-electron chi connectivity index (χ3n) is 3.69. The Kier molecular flexibility index (Phi) is 3.35. The van der Waals surface area contributed by atoms with Gasteiger partial charge in [-0.3, -0.25) is 9.69 Å². The molecule has 19 heavy (non-hydrogen) atoms. The van der Waals surface area contributed by atoms with Crippen molar-refractivity contribution >= 4 is 11.7 Å². The lowest BCUT2D eigenvalue weighted by molar-refractivity contribution is -0.126. The summed E-state index contributed by atoms with van der Waals surface area (Å²) in [4.78, 5) is 18.5. The molecule has 0 radical (unpaired) electrons. The number of fused-ring (bicyclic) bond motifs is 1. The molecule has 102 valence electrons. The van der Waals surface area contributed by atoms with Gasteiger partial charge in [0, 0.05) is 32.4 Å². The van der Waals surface area contributed by atoms with Gasteiger partial charge in [-0.2, -0.15) is 0 Å². The highest BCUT2D eigenvalue weighted by molar-refractivity contribution is 5.97. The molecule has 2 N–H and O–H groups in total. The summed E-state index contributed by atoms with van der Waals surface area (Å²) in [5.74, 6) is 1.04. The van der Waals surface area contributed by atoms with Crippen molar-refractivity contribution in [2.24, 2.45) is 0 Å². The van der Waals surface area contributed by atoms with E-state index in [1.165, 1.54) is 0 Å². The molecule has 1 aromatic rings. The summed E-state index contributed by atoms with van der Waals surface area (Å²) >= 11 is 0. The van der Waals surface area contributed by atoms with Gasteiger partial charge in [0.1, 0.15) is 0 Å². The average Bonchev–Trinajstić information content (AvgIpc) is 2.47. The number of aromatic nitrogens is 1. The molecule has 3 heterocycles. The molecule has 1 amide bonds. The molecule has 2 aliphatic rings. The molecular weight excluding hydrogens is 244 g/mol. The van der Waals surface area contributed by atoms with Crippen molar-refractivity contribution in [1.29, 1.82) is 0 Å². The van der Waals surface area contributed by atoms with Crippen molar-refractivity contribution in [3.8, 4) is 5.75 Å². The Bertz CT molecular complexity index is 473. The number of pyridine rings is 1. The first kappa shape index (κ1) is 12.4. The van der Waals surface area contributed by atoms with E-state index in [0.717, 1.165) is 26.2 Å². The van der Waals surface area contributed by atoms with Crippen molar-refractivity contribution in [2.75, 3.05) is 31.5 Å². The van der Waals surface area contributed by atoms with Crippen LogP contribution in [0.4, 0.5) is 5.82 Å². The van der Waals surface area contributed by atoms with E-state index in [1.807, 2.05) is 19.1 Å². The zero-order valence-corrected chi connectivity index (χ0v) is 10.9. The summed E-state index contributed by atoms with van der Waals surface area (Å²) in [6, 6.07) is 3.69. The highest BCUT2D eigenvalue weighted by Crippen LogP contribution is 2.28. The van der Waals surface area contributed by atoms with E-state index in [1.54, 1.807) is 6.20 Å². The van der Waals surface area contributed by atoms with Crippen LogP contribution in [0.1, 0.15) is 6.92 Å². The Balaban J connectivity index is 1.76. The van der Waals surface area contributed by atoms with E-state index >= 15 is 0 Å². The molecule has 1 fully saturated rings. The van der Waals surface area contributed by atoms with E-state index in [-0.39, 0.29) is 11.9 Å². The van der Waals surface area contributed by atoms with Crippen molar-refractivity contribution in [3.05, 3.63) is 18.3 Å². The summed E-state index contributed by atoms with van der Waals surface area (Å²) in [6.07, 6.45) is 1.16. The lowest BCUT2D eigenvalue weighted by atomic mass is 10.1. The molecule has 0 bridgehead atoms. The second-order valence-corrected chi connectivity index (χ2v) is 4.90. The number of carbonyl (C=O) groups excluding carboxylic acids is 1. The third kappa shape index (κ3) is 2.41. The van der Waals surface area contributed by atoms with Crippen LogP contribution in [0.2, 0.25) is 0 Å². The van der Waals surface area contributed by atoms with Crippen LogP contribution in [0.5, 0.6) is 5.75 Å². The van der Waals surface area contributed by atoms with Crippen LogP contribution < -0.4 is 15.4 Å². The number of piperazine rings is 1. The highest BCUT2D eigenvalue weighted by atomic mass is 16.5. The lowest BCUT2D eigenvalue weighted by Crippen LogP contribution is -2.56. The summed E-state index contributed by atoms with van der Waals surface area (Å²) in [6.45, 7) is 5.83. The quantitative estimate of drug-likeness (QED) is 0.790. The number of nitrogens with one attached hydrogen (secondary N) is 2.